The summed E-state index contributed by atoms with van der Waals surface area (Å²) in [6.07, 6.45) is -11.9. The monoisotopic (exact) mass is 320 g/mol. The van der Waals surface area contributed by atoms with Crippen LogP contribution in [0.5, 0.6) is 11.5 Å². The summed E-state index contributed by atoms with van der Waals surface area (Å²) in [6, 6.07) is 0. The quantitative estimate of drug-likeness (QED) is 0.294. The van der Waals surface area contributed by atoms with Crippen LogP contribution in [0.4, 0.5) is 0 Å². The van der Waals surface area contributed by atoms with Gasteiger partial charge in [0.25, 0.3) is 10.9 Å². The molecule has 0 amide bonds. The van der Waals surface area contributed by atoms with Crippen LogP contribution in [0.25, 0.3) is 0 Å². The summed E-state index contributed by atoms with van der Waals surface area (Å²) in [7, 11) is 0. The highest BCUT2D eigenvalue weighted by Crippen LogP contribution is 2.27. The largest absolute Gasteiger partial charge is 0.501 e. The van der Waals surface area contributed by atoms with Gasteiger partial charge >= 0.3 is 5.97 Å². The van der Waals surface area contributed by atoms with Crippen molar-refractivity contribution in [1.29, 1.82) is 0 Å². The summed E-state index contributed by atoms with van der Waals surface area (Å²) in [5, 5.41) is 56.1. The molecular formula is C11H12O11. The first-order valence-corrected chi connectivity index (χ1v) is 5.96. The van der Waals surface area contributed by atoms with E-state index < -0.39 is 65.1 Å². The fourth-order valence-corrected chi connectivity index (χ4v) is 1.96. The van der Waals surface area contributed by atoms with Crippen molar-refractivity contribution in [3.8, 4) is 11.5 Å². The highest BCUT2D eigenvalue weighted by atomic mass is 16.7. The molecule has 2 rings (SSSR count). The molecule has 1 fully saturated rings. The van der Waals surface area contributed by atoms with E-state index in [9.17, 15) is 34.8 Å². The summed E-state index contributed by atoms with van der Waals surface area (Å²) >= 11 is 0. The van der Waals surface area contributed by atoms with Gasteiger partial charge in [-0.15, -0.1) is 0 Å². The average Bonchev–Trinajstić information content (AvgIpc) is 2.50. The van der Waals surface area contributed by atoms with Crippen LogP contribution in [0.1, 0.15) is 0 Å². The maximum atomic E-state index is 11.1. The fourth-order valence-electron chi connectivity index (χ4n) is 1.96. The number of ether oxygens (including phenoxy) is 2. The molecule has 1 saturated heterocycles. The summed E-state index contributed by atoms with van der Waals surface area (Å²) in [4.78, 5) is 32.7. The Balaban J connectivity index is 2.22. The Bertz CT molecular complexity index is 645. The van der Waals surface area contributed by atoms with Crippen LogP contribution in [0, 0.1) is 0 Å². The van der Waals surface area contributed by atoms with Crippen LogP contribution in [0.15, 0.2) is 9.59 Å². The lowest BCUT2D eigenvalue weighted by Crippen LogP contribution is -2.63. The molecule has 0 aliphatic carbocycles. The van der Waals surface area contributed by atoms with Gasteiger partial charge < -0.3 is 40.1 Å². The molecule has 1 heterocycles. The number of rotatable bonds is 4. The minimum absolute atomic E-state index is 0.832. The molecule has 1 aromatic rings. The predicted octanol–water partition coefficient (Wildman–Crippen LogP) is -4.38. The Morgan fingerprint density at radius 3 is 2.18 bits per heavy atom. The smallest absolute Gasteiger partial charge is 0.335 e. The van der Waals surface area contributed by atoms with Gasteiger partial charge in [0.15, 0.2) is 6.10 Å². The normalized spacial score (nSPS) is 33.5. The van der Waals surface area contributed by atoms with Crippen molar-refractivity contribution in [2.45, 2.75) is 36.8 Å². The lowest BCUT2D eigenvalue weighted by Gasteiger charge is -2.40. The van der Waals surface area contributed by atoms with E-state index in [-0.39, 0.29) is 0 Å². The summed E-state index contributed by atoms with van der Waals surface area (Å²) in [6.45, 7) is 0. The summed E-state index contributed by atoms with van der Waals surface area (Å²) in [5.74, 6) is -3.62. The molecule has 1 unspecified atom stereocenters. The number of hydrogen-bond acceptors (Lipinski definition) is 10. The van der Waals surface area contributed by atoms with Crippen molar-refractivity contribution < 1.29 is 44.9 Å². The van der Waals surface area contributed by atoms with Crippen LogP contribution in [-0.2, 0) is 9.53 Å². The first kappa shape index (κ1) is 16.3. The molecule has 6 N–H and O–H groups in total. The van der Waals surface area contributed by atoms with Crippen LogP contribution in [-0.4, -0.2) is 73.4 Å². The Morgan fingerprint density at radius 1 is 1.09 bits per heavy atom. The Kier molecular flexibility index (Phi) is 4.17. The van der Waals surface area contributed by atoms with E-state index in [2.05, 4.69) is 0 Å². The summed E-state index contributed by atoms with van der Waals surface area (Å²) in [5.41, 5.74) is -2.42. The van der Waals surface area contributed by atoms with E-state index >= 15 is 0 Å². The van der Waals surface area contributed by atoms with Crippen molar-refractivity contribution in [1.82, 2.24) is 0 Å². The van der Waals surface area contributed by atoms with Gasteiger partial charge in [0.1, 0.15) is 24.4 Å². The third-order valence-electron chi connectivity index (χ3n) is 3.25. The molecule has 22 heavy (non-hydrogen) atoms. The maximum absolute atomic E-state index is 11.1. The van der Waals surface area contributed by atoms with Crippen molar-refractivity contribution in [2.24, 2.45) is 0 Å². The lowest BCUT2D eigenvalue weighted by atomic mass is 9.95. The number of aliphatic hydroxyl groups is 4. The first-order valence-electron chi connectivity index (χ1n) is 5.96. The van der Waals surface area contributed by atoms with E-state index in [0.717, 1.165) is 0 Å². The van der Waals surface area contributed by atoms with Crippen LogP contribution >= 0.6 is 0 Å². The molecule has 0 bridgehead atoms. The fraction of sp³-hybridized carbons (Fsp3) is 0.545. The van der Waals surface area contributed by atoms with Crippen molar-refractivity contribution in [3.05, 3.63) is 20.4 Å². The van der Waals surface area contributed by atoms with Crippen molar-refractivity contribution in [2.75, 3.05) is 0 Å². The van der Waals surface area contributed by atoms with E-state index in [0.29, 0.717) is 0 Å². The highest BCUT2D eigenvalue weighted by molar-refractivity contribution is 5.72. The number of aliphatic carboxylic acids is 1. The van der Waals surface area contributed by atoms with Gasteiger partial charge in [-0.1, -0.05) is 0 Å². The zero-order valence-corrected chi connectivity index (χ0v) is 10.7. The van der Waals surface area contributed by atoms with Crippen molar-refractivity contribution in [3.63, 3.8) is 0 Å². The molecule has 6 atom stereocenters. The van der Waals surface area contributed by atoms with E-state index in [4.69, 9.17) is 19.7 Å². The average molecular weight is 320 g/mol. The van der Waals surface area contributed by atoms with Crippen LogP contribution < -0.4 is 15.6 Å². The van der Waals surface area contributed by atoms with Crippen molar-refractivity contribution >= 4 is 5.97 Å². The topological polar surface area (TPSA) is 191 Å². The highest BCUT2D eigenvalue weighted by Gasteiger charge is 2.49. The minimum Gasteiger partial charge on any atom is -0.501 e. The molecule has 122 valence electrons. The molecule has 1 aliphatic rings. The lowest BCUT2D eigenvalue weighted by molar-refractivity contribution is -0.287. The number of carbonyl (C=O) groups is 1. The van der Waals surface area contributed by atoms with Gasteiger partial charge in [0.05, 0.1) is 0 Å². The van der Waals surface area contributed by atoms with Gasteiger partial charge in [0, 0.05) is 0 Å². The maximum Gasteiger partial charge on any atom is 0.335 e. The second-order valence-corrected chi connectivity index (χ2v) is 4.68. The second-order valence-electron chi connectivity index (χ2n) is 4.68. The molecule has 0 radical (unpaired) electrons. The molecule has 11 heteroatoms. The Labute approximate surface area is 120 Å². The third kappa shape index (κ3) is 2.44. The number of aromatic hydroxyl groups is 1. The molecule has 11 nitrogen and oxygen atoms in total. The zero-order valence-electron chi connectivity index (χ0n) is 10.7. The molecule has 1 aliphatic heterocycles. The molecular weight excluding hydrogens is 308 g/mol. The van der Waals surface area contributed by atoms with Gasteiger partial charge in [-0.05, 0) is 0 Å². The van der Waals surface area contributed by atoms with Gasteiger partial charge in [-0.25, -0.2) is 4.79 Å². The van der Waals surface area contributed by atoms with Crippen LogP contribution in [0.2, 0.25) is 0 Å². The van der Waals surface area contributed by atoms with Gasteiger partial charge in [-0.3, -0.25) is 9.59 Å². The molecule has 1 aromatic carbocycles. The Hall–Kier alpha value is -2.05. The van der Waals surface area contributed by atoms with E-state index in [1.165, 1.54) is 0 Å². The van der Waals surface area contributed by atoms with Gasteiger partial charge in [0.2, 0.25) is 17.8 Å². The number of hydrogen-bond donors (Lipinski definition) is 6. The molecule has 0 saturated carbocycles. The standard InChI is InChI=1S/C11H12O11/c12-1-3(14)8(4(1)15)21-11-6(17)2(13)5(16)9(22-11)7(18)10(19)20/h2,5-7,9,11,13-14,16-18H,(H,19,20)/t2-,5-,6-,7?,9-,11-/m0/s1. The predicted molar refractivity (Wildman–Crippen MR) is 64.0 cm³/mol. The number of carboxylic acid groups (broad SMARTS) is 1. The van der Waals surface area contributed by atoms with Crippen LogP contribution in [0.3, 0.4) is 0 Å². The third-order valence-corrected chi connectivity index (χ3v) is 3.25. The minimum atomic E-state index is -2.26. The van der Waals surface area contributed by atoms with E-state index in [1.54, 1.807) is 0 Å². The summed E-state index contributed by atoms with van der Waals surface area (Å²) < 4.78 is 9.55. The van der Waals surface area contributed by atoms with Gasteiger partial charge in [-0.2, -0.15) is 0 Å². The Morgan fingerprint density at radius 2 is 1.68 bits per heavy atom. The number of aliphatic hydroxyl groups excluding tert-OH is 4. The molecule has 0 aromatic heterocycles. The SMILES string of the molecule is O=C(O)C(O)[C@H]1O[C@H](Oc2c(O)c(=O)c2=O)[C@@H](O)[C@@H](O)[C@@H]1O. The number of carboxylic acids is 1. The first-order chi connectivity index (χ1) is 10.2. The zero-order chi connectivity index (χ0) is 16.8. The van der Waals surface area contributed by atoms with E-state index in [1.807, 2.05) is 0 Å². The molecule has 0 spiro atoms. The second kappa shape index (κ2) is 5.62.